The Morgan fingerprint density at radius 2 is 1.69 bits per heavy atom. The van der Waals surface area contributed by atoms with E-state index in [1.54, 1.807) is 0 Å². The minimum atomic E-state index is -0.788. The van der Waals surface area contributed by atoms with Crippen molar-refractivity contribution in [2.24, 2.45) is 11.7 Å². The maximum Gasteiger partial charge on any atom is 0.340 e. The molecular formula is C18H24N2O6. The summed E-state index contributed by atoms with van der Waals surface area (Å²) in [5, 5.41) is 2.78. The quantitative estimate of drug-likeness (QED) is 0.713. The van der Waals surface area contributed by atoms with Gasteiger partial charge in [-0.15, -0.1) is 0 Å². The molecular weight excluding hydrogens is 340 g/mol. The number of anilines is 1. The fourth-order valence-electron chi connectivity index (χ4n) is 2.97. The molecule has 0 saturated heterocycles. The highest BCUT2D eigenvalue weighted by atomic mass is 16.5. The Morgan fingerprint density at radius 1 is 1.08 bits per heavy atom. The third-order valence-electron chi connectivity index (χ3n) is 4.32. The average molecular weight is 364 g/mol. The second-order valence-corrected chi connectivity index (χ2v) is 6.12. The zero-order valence-electron chi connectivity index (χ0n) is 15.0. The molecule has 0 unspecified atom stereocenters. The first-order valence-electron chi connectivity index (χ1n) is 8.48. The van der Waals surface area contributed by atoms with Crippen LogP contribution in [0.3, 0.4) is 0 Å². The van der Waals surface area contributed by atoms with Crippen molar-refractivity contribution in [3.63, 3.8) is 0 Å². The van der Waals surface area contributed by atoms with Gasteiger partial charge in [0.2, 0.25) is 5.91 Å². The van der Waals surface area contributed by atoms with Gasteiger partial charge in [-0.1, -0.05) is 19.3 Å². The van der Waals surface area contributed by atoms with E-state index in [9.17, 15) is 14.4 Å². The van der Waals surface area contributed by atoms with Gasteiger partial charge < -0.3 is 25.3 Å². The van der Waals surface area contributed by atoms with Crippen molar-refractivity contribution in [3.8, 4) is 11.5 Å². The lowest BCUT2D eigenvalue weighted by atomic mass is 9.88. The molecule has 8 nitrogen and oxygen atoms in total. The molecule has 26 heavy (non-hydrogen) atoms. The number of amides is 2. The molecule has 1 fully saturated rings. The Morgan fingerprint density at radius 3 is 2.27 bits per heavy atom. The van der Waals surface area contributed by atoms with Crippen molar-refractivity contribution in [1.82, 2.24) is 0 Å². The molecule has 0 bridgehead atoms. The van der Waals surface area contributed by atoms with Crippen LogP contribution in [0.5, 0.6) is 11.5 Å². The molecule has 3 N–H and O–H groups in total. The first-order valence-corrected chi connectivity index (χ1v) is 8.48. The summed E-state index contributed by atoms with van der Waals surface area (Å²) in [7, 11) is 2.88. The molecule has 1 aromatic carbocycles. The van der Waals surface area contributed by atoms with Crippen LogP contribution in [-0.4, -0.2) is 38.6 Å². The molecule has 0 aliphatic heterocycles. The molecule has 1 aromatic rings. The van der Waals surface area contributed by atoms with E-state index < -0.39 is 18.5 Å². The summed E-state index contributed by atoms with van der Waals surface area (Å²) in [5.41, 5.74) is 5.31. The number of rotatable bonds is 7. The number of carbonyl (C=O) groups excluding carboxylic acids is 3. The van der Waals surface area contributed by atoms with Crippen molar-refractivity contribution < 1.29 is 28.6 Å². The second-order valence-electron chi connectivity index (χ2n) is 6.12. The molecule has 1 saturated carbocycles. The third-order valence-corrected chi connectivity index (χ3v) is 4.32. The van der Waals surface area contributed by atoms with E-state index in [1.807, 2.05) is 0 Å². The van der Waals surface area contributed by atoms with Gasteiger partial charge in [-0.25, -0.2) is 4.79 Å². The molecule has 0 radical (unpaired) electrons. The Labute approximate surface area is 152 Å². The van der Waals surface area contributed by atoms with E-state index in [-0.39, 0.29) is 23.1 Å². The summed E-state index contributed by atoms with van der Waals surface area (Å²) < 4.78 is 15.3. The monoisotopic (exact) mass is 364 g/mol. The molecule has 0 heterocycles. The van der Waals surface area contributed by atoms with Crippen molar-refractivity contribution in [1.29, 1.82) is 0 Å². The number of carbonyl (C=O) groups is 3. The molecule has 0 spiro atoms. The number of benzene rings is 1. The summed E-state index contributed by atoms with van der Waals surface area (Å²) in [6, 6.07) is 2.90. The minimum absolute atomic E-state index is 0.0630. The molecule has 1 aliphatic carbocycles. The maximum absolute atomic E-state index is 12.6. The summed E-state index contributed by atoms with van der Waals surface area (Å²) in [6.07, 6.45) is 4.79. The SMILES string of the molecule is COc1cc(NC(=O)C2CCCCC2)c(C(=O)OCC(N)=O)cc1OC. The van der Waals surface area contributed by atoms with Crippen LogP contribution in [0.15, 0.2) is 12.1 Å². The molecule has 142 valence electrons. The van der Waals surface area contributed by atoms with Gasteiger partial charge in [-0.2, -0.15) is 0 Å². The molecule has 2 amide bonds. The highest BCUT2D eigenvalue weighted by Crippen LogP contribution is 2.34. The van der Waals surface area contributed by atoms with Gasteiger partial charge in [0, 0.05) is 18.1 Å². The lowest BCUT2D eigenvalue weighted by Crippen LogP contribution is -2.26. The average Bonchev–Trinajstić information content (AvgIpc) is 2.66. The first-order chi connectivity index (χ1) is 12.5. The smallest absolute Gasteiger partial charge is 0.340 e. The van der Waals surface area contributed by atoms with Crippen LogP contribution in [0, 0.1) is 5.92 Å². The largest absolute Gasteiger partial charge is 0.493 e. The van der Waals surface area contributed by atoms with Crippen molar-refractivity contribution in [3.05, 3.63) is 17.7 Å². The van der Waals surface area contributed by atoms with E-state index in [0.717, 1.165) is 32.1 Å². The highest BCUT2D eigenvalue weighted by Gasteiger charge is 2.25. The van der Waals surface area contributed by atoms with Crippen molar-refractivity contribution in [2.75, 3.05) is 26.1 Å². The van der Waals surface area contributed by atoms with Gasteiger partial charge in [0.15, 0.2) is 18.1 Å². The molecule has 8 heteroatoms. The van der Waals surface area contributed by atoms with Gasteiger partial charge >= 0.3 is 5.97 Å². The lowest BCUT2D eigenvalue weighted by Gasteiger charge is -2.22. The topological polar surface area (TPSA) is 117 Å². The summed E-state index contributed by atoms with van der Waals surface area (Å²) in [5.74, 6) is -1.14. The number of methoxy groups -OCH3 is 2. The molecule has 1 aliphatic rings. The fourth-order valence-corrected chi connectivity index (χ4v) is 2.97. The van der Waals surface area contributed by atoms with E-state index in [0.29, 0.717) is 11.5 Å². The van der Waals surface area contributed by atoms with Crippen LogP contribution in [0.25, 0.3) is 0 Å². The van der Waals surface area contributed by atoms with E-state index in [1.165, 1.54) is 26.4 Å². The number of nitrogens with two attached hydrogens (primary N) is 1. The standard InChI is InChI=1S/C18H24N2O6/c1-24-14-8-12(18(23)26-10-16(19)21)13(9-15(14)25-2)20-17(22)11-6-4-3-5-7-11/h8-9,11H,3-7,10H2,1-2H3,(H2,19,21)(H,20,22). The van der Waals surface area contributed by atoms with E-state index in [4.69, 9.17) is 19.9 Å². The zero-order valence-corrected chi connectivity index (χ0v) is 15.0. The van der Waals surface area contributed by atoms with Crippen molar-refractivity contribution in [2.45, 2.75) is 32.1 Å². The van der Waals surface area contributed by atoms with Gasteiger partial charge in [0.05, 0.1) is 25.5 Å². The lowest BCUT2D eigenvalue weighted by molar-refractivity contribution is -0.121. The van der Waals surface area contributed by atoms with Crippen LogP contribution < -0.4 is 20.5 Å². The van der Waals surface area contributed by atoms with Gasteiger partial charge in [-0.05, 0) is 12.8 Å². The fraction of sp³-hybridized carbons (Fsp3) is 0.500. The number of primary amides is 1. The Balaban J connectivity index is 2.29. The zero-order chi connectivity index (χ0) is 19.1. The van der Waals surface area contributed by atoms with Crippen LogP contribution in [0.4, 0.5) is 5.69 Å². The number of ether oxygens (including phenoxy) is 3. The number of hydrogen-bond donors (Lipinski definition) is 2. The Hall–Kier alpha value is -2.77. The molecule has 0 atom stereocenters. The Bertz CT molecular complexity index is 683. The van der Waals surface area contributed by atoms with Crippen LogP contribution in [-0.2, 0) is 14.3 Å². The maximum atomic E-state index is 12.6. The Kier molecular flexibility index (Phi) is 6.82. The van der Waals surface area contributed by atoms with Gasteiger partial charge in [-0.3, -0.25) is 9.59 Å². The van der Waals surface area contributed by atoms with Crippen LogP contribution in [0.2, 0.25) is 0 Å². The third kappa shape index (κ3) is 4.87. The van der Waals surface area contributed by atoms with E-state index >= 15 is 0 Å². The summed E-state index contributed by atoms with van der Waals surface area (Å²) in [6.45, 7) is -0.552. The van der Waals surface area contributed by atoms with Crippen molar-refractivity contribution >= 4 is 23.5 Å². The molecule has 0 aromatic heterocycles. The predicted molar refractivity (Wildman–Crippen MR) is 94.2 cm³/mol. The second kappa shape index (κ2) is 9.07. The predicted octanol–water partition coefficient (Wildman–Crippen LogP) is 1.86. The summed E-state index contributed by atoms with van der Waals surface area (Å²) >= 11 is 0. The van der Waals surface area contributed by atoms with Crippen LogP contribution in [0.1, 0.15) is 42.5 Å². The minimum Gasteiger partial charge on any atom is -0.493 e. The highest BCUT2D eigenvalue weighted by molar-refractivity contribution is 6.03. The number of nitrogens with one attached hydrogen (secondary N) is 1. The number of esters is 1. The van der Waals surface area contributed by atoms with E-state index in [2.05, 4.69) is 5.32 Å². The number of hydrogen-bond acceptors (Lipinski definition) is 6. The molecule has 2 rings (SSSR count). The van der Waals surface area contributed by atoms with Crippen LogP contribution >= 0.6 is 0 Å². The first kappa shape index (κ1) is 19.6. The van der Waals surface area contributed by atoms with Gasteiger partial charge in [0.1, 0.15) is 0 Å². The summed E-state index contributed by atoms with van der Waals surface area (Å²) in [4.78, 5) is 35.7. The van der Waals surface area contributed by atoms with Gasteiger partial charge in [0.25, 0.3) is 5.91 Å². The normalized spacial score (nSPS) is 14.4.